The first-order chi connectivity index (χ1) is 15.8. The van der Waals surface area contributed by atoms with E-state index in [9.17, 15) is 4.57 Å². The van der Waals surface area contributed by atoms with Crippen molar-refractivity contribution in [3.05, 3.63) is 36.7 Å². The topological polar surface area (TPSA) is 127 Å². The molecular formula is C20H22FN6O5P. The number of phosphoric ester groups is 1. The zero-order valence-electron chi connectivity index (χ0n) is 17.7. The molecular weight excluding hydrogens is 454 g/mol. The van der Waals surface area contributed by atoms with Crippen LogP contribution in [0.2, 0.25) is 0 Å². The van der Waals surface area contributed by atoms with Gasteiger partial charge in [-0.1, -0.05) is 18.2 Å². The number of benzene rings is 1. The molecule has 3 aliphatic rings. The summed E-state index contributed by atoms with van der Waals surface area (Å²) in [5.41, 5.74) is 4.69. The summed E-state index contributed by atoms with van der Waals surface area (Å²) in [5.74, 6) is 0.961. The van der Waals surface area contributed by atoms with E-state index in [1.165, 1.54) is 17.8 Å². The highest BCUT2D eigenvalue weighted by molar-refractivity contribution is 7.49. The van der Waals surface area contributed by atoms with Crippen LogP contribution in [-0.2, 0) is 18.3 Å². The first-order valence-electron chi connectivity index (χ1n) is 10.6. The molecule has 0 aliphatic carbocycles. The maximum Gasteiger partial charge on any atom is 0.530 e. The molecule has 3 saturated heterocycles. The average molecular weight is 476 g/mol. The lowest BCUT2D eigenvalue weighted by molar-refractivity contribution is -0.0655. The Bertz CT molecular complexity index is 1250. The molecule has 3 aromatic rings. The number of nitrogens with zero attached hydrogens (tertiary/aromatic N) is 5. The number of para-hydroxylation sites is 1. The van der Waals surface area contributed by atoms with Crippen molar-refractivity contribution in [2.45, 2.75) is 37.4 Å². The predicted octanol–water partition coefficient (Wildman–Crippen LogP) is 2.85. The van der Waals surface area contributed by atoms with Gasteiger partial charge >= 0.3 is 7.82 Å². The van der Waals surface area contributed by atoms with Gasteiger partial charge in [-0.05, 0) is 25.5 Å². The number of rotatable bonds is 4. The normalized spacial score (nSPS) is 33.6. The van der Waals surface area contributed by atoms with Crippen LogP contribution in [0.5, 0.6) is 5.75 Å². The van der Waals surface area contributed by atoms with Crippen molar-refractivity contribution in [1.29, 1.82) is 0 Å². The van der Waals surface area contributed by atoms with Gasteiger partial charge in [-0.3, -0.25) is 13.6 Å². The number of aromatic nitrogens is 4. The quantitative estimate of drug-likeness (QED) is 0.562. The third-order valence-electron chi connectivity index (χ3n) is 6.11. The minimum absolute atomic E-state index is 0.0578. The summed E-state index contributed by atoms with van der Waals surface area (Å²) in [6.45, 7) is 2.84. The molecule has 11 nitrogen and oxygen atoms in total. The van der Waals surface area contributed by atoms with Crippen LogP contribution in [0.15, 0.2) is 36.7 Å². The molecule has 0 radical (unpaired) electrons. The van der Waals surface area contributed by atoms with E-state index < -0.39 is 31.9 Å². The Morgan fingerprint density at radius 1 is 1.27 bits per heavy atom. The molecule has 2 N–H and O–H groups in total. The monoisotopic (exact) mass is 476 g/mol. The Morgan fingerprint density at radius 2 is 2.06 bits per heavy atom. The number of nitrogens with two attached hydrogens (primary N) is 1. The number of hydrogen-bond acceptors (Lipinski definition) is 10. The average Bonchev–Trinajstić information content (AvgIpc) is 3.25. The summed E-state index contributed by atoms with van der Waals surface area (Å²) in [5, 5.41) is 0. The van der Waals surface area contributed by atoms with E-state index in [2.05, 4.69) is 15.0 Å². The molecule has 2 aromatic heterocycles. The molecule has 1 aromatic carbocycles. The van der Waals surface area contributed by atoms with Crippen LogP contribution in [0.25, 0.3) is 11.2 Å². The van der Waals surface area contributed by atoms with Crippen LogP contribution in [0.3, 0.4) is 0 Å². The summed E-state index contributed by atoms with van der Waals surface area (Å²) in [7, 11) is -4.06. The van der Waals surface area contributed by atoms with E-state index >= 15 is 4.39 Å². The van der Waals surface area contributed by atoms with Crippen molar-refractivity contribution in [3.8, 4) is 5.75 Å². The highest BCUT2D eigenvalue weighted by Crippen LogP contribution is 2.59. The Labute approximate surface area is 188 Å². The van der Waals surface area contributed by atoms with Gasteiger partial charge in [0.25, 0.3) is 0 Å². The number of halogens is 1. The van der Waals surface area contributed by atoms with Gasteiger partial charge in [0.2, 0.25) is 5.95 Å². The lowest BCUT2D eigenvalue weighted by atomic mass is 9.98. The molecule has 3 aliphatic heterocycles. The molecule has 5 atom stereocenters. The van der Waals surface area contributed by atoms with Gasteiger partial charge in [-0.15, -0.1) is 0 Å². The number of imidazole rings is 1. The van der Waals surface area contributed by atoms with Crippen LogP contribution in [0, 0.1) is 0 Å². The van der Waals surface area contributed by atoms with Gasteiger partial charge in [-0.2, -0.15) is 9.97 Å². The van der Waals surface area contributed by atoms with Crippen LogP contribution in [0.1, 0.15) is 19.6 Å². The van der Waals surface area contributed by atoms with E-state index in [1.54, 1.807) is 30.3 Å². The van der Waals surface area contributed by atoms with Crippen molar-refractivity contribution in [3.63, 3.8) is 0 Å². The molecule has 3 fully saturated rings. The molecule has 0 amide bonds. The van der Waals surface area contributed by atoms with Crippen LogP contribution < -0.4 is 15.2 Å². The fraction of sp³-hybridized carbons (Fsp3) is 0.450. The minimum Gasteiger partial charge on any atom is -0.404 e. The molecule has 13 heteroatoms. The van der Waals surface area contributed by atoms with Gasteiger partial charge in [0.05, 0.1) is 12.9 Å². The van der Waals surface area contributed by atoms with Crippen molar-refractivity contribution in [2.75, 3.05) is 30.3 Å². The molecule has 0 bridgehead atoms. The number of alkyl halides is 1. The van der Waals surface area contributed by atoms with Gasteiger partial charge in [0.1, 0.15) is 18.0 Å². The van der Waals surface area contributed by atoms with Crippen LogP contribution >= 0.6 is 7.82 Å². The molecule has 6 rings (SSSR count). The fourth-order valence-electron chi connectivity index (χ4n) is 4.34. The first-order valence-corrected chi connectivity index (χ1v) is 12.1. The van der Waals surface area contributed by atoms with E-state index in [4.69, 9.17) is 24.0 Å². The summed E-state index contributed by atoms with van der Waals surface area (Å²) >= 11 is 0. The highest BCUT2D eigenvalue weighted by Gasteiger charge is 2.62. The standard InChI is InChI=1S/C20H22FN6O5P/c1-20(21)15-13(10-29-33(28,32-15)31-12-6-3-2-4-7-12)30-18(20)27-11-23-14-16(26-8-5-9-26)24-19(22)25-17(14)27/h2-4,6-7,11,13,15,18H,5,8-10H2,1H3,(H2,22,24,25)/t13-,15-,18-,20-,33-/m1/s1. The maximum absolute atomic E-state index is 16.2. The molecule has 0 unspecified atom stereocenters. The summed E-state index contributed by atoms with van der Waals surface area (Å²) in [6.07, 6.45) is -0.673. The van der Waals surface area contributed by atoms with Gasteiger partial charge < -0.3 is 19.9 Å². The summed E-state index contributed by atoms with van der Waals surface area (Å²) in [6, 6.07) is 8.44. The zero-order chi connectivity index (χ0) is 22.8. The van der Waals surface area contributed by atoms with E-state index in [0.717, 1.165) is 19.5 Å². The molecule has 5 heterocycles. The largest absolute Gasteiger partial charge is 0.530 e. The summed E-state index contributed by atoms with van der Waals surface area (Å²) < 4.78 is 53.1. The smallest absolute Gasteiger partial charge is 0.404 e. The van der Waals surface area contributed by atoms with E-state index in [1.807, 2.05) is 4.90 Å². The van der Waals surface area contributed by atoms with E-state index in [0.29, 0.717) is 22.7 Å². The Kier molecular flexibility index (Phi) is 4.64. The Morgan fingerprint density at radius 3 is 2.79 bits per heavy atom. The zero-order valence-corrected chi connectivity index (χ0v) is 18.6. The number of fused-ring (bicyclic) bond motifs is 2. The SMILES string of the molecule is C[C@@]1(F)[C@@H]2O[P@@](=O)(Oc3ccccc3)OC[C@H]2O[C@H]1n1cnc2c(N3CCC3)nc(N)nc21. The number of nitrogen functional groups attached to an aromatic ring is 1. The van der Waals surface area contributed by atoms with Crippen LogP contribution in [0.4, 0.5) is 16.2 Å². The predicted molar refractivity (Wildman–Crippen MR) is 115 cm³/mol. The fourth-order valence-corrected chi connectivity index (χ4v) is 5.83. The lowest BCUT2D eigenvalue weighted by Gasteiger charge is -2.33. The van der Waals surface area contributed by atoms with Crippen molar-refractivity contribution in [1.82, 2.24) is 19.5 Å². The Balaban J connectivity index is 1.32. The third-order valence-corrected chi connectivity index (χ3v) is 7.49. The second-order valence-electron chi connectivity index (χ2n) is 8.42. The molecule has 174 valence electrons. The Hall–Kier alpha value is -2.79. The molecule has 0 spiro atoms. The lowest BCUT2D eigenvalue weighted by Crippen LogP contribution is -2.45. The summed E-state index contributed by atoms with van der Waals surface area (Å²) in [4.78, 5) is 15.1. The number of ether oxygens (including phenoxy) is 1. The maximum atomic E-state index is 16.2. The molecule has 33 heavy (non-hydrogen) atoms. The van der Waals surface area contributed by atoms with Crippen LogP contribution in [-0.4, -0.2) is 57.1 Å². The second kappa shape index (κ2) is 7.36. The minimum atomic E-state index is -4.06. The molecule has 0 saturated carbocycles. The number of anilines is 2. The number of phosphoric acid groups is 1. The van der Waals surface area contributed by atoms with E-state index in [-0.39, 0.29) is 12.6 Å². The van der Waals surface area contributed by atoms with Crippen molar-refractivity contribution >= 4 is 30.8 Å². The number of hydrogen-bond donors (Lipinski definition) is 1. The van der Waals surface area contributed by atoms with Crippen molar-refractivity contribution < 1.29 is 27.3 Å². The van der Waals surface area contributed by atoms with Gasteiger partial charge in [0.15, 0.2) is 28.9 Å². The highest BCUT2D eigenvalue weighted by atomic mass is 31.2. The van der Waals surface area contributed by atoms with Gasteiger partial charge in [-0.25, -0.2) is 13.9 Å². The first kappa shape index (κ1) is 20.8. The third kappa shape index (κ3) is 3.36. The van der Waals surface area contributed by atoms with Crippen molar-refractivity contribution in [2.24, 2.45) is 0 Å². The second-order valence-corrected chi connectivity index (χ2v) is 9.97. The van der Waals surface area contributed by atoms with Gasteiger partial charge in [0, 0.05) is 13.1 Å².